The van der Waals surface area contributed by atoms with Crippen LogP contribution in [-0.4, -0.2) is 58.9 Å². The van der Waals surface area contributed by atoms with Crippen LogP contribution in [0.3, 0.4) is 0 Å². The Labute approximate surface area is 128 Å². The minimum absolute atomic E-state index is 0.241. The molecule has 1 unspecified atom stereocenters. The first-order valence-electron chi connectivity index (χ1n) is 7.10. The summed E-state index contributed by atoms with van der Waals surface area (Å²) in [4.78, 5) is 27.3. The number of rotatable bonds is 3. The molecule has 0 aromatic carbocycles. The highest BCUT2D eigenvalue weighted by molar-refractivity contribution is 9.09. The van der Waals surface area contributed by atoms with Crippen LogP contribution in [0.25, 0.3) is 0 Å². The standard InChI is InChI=1S/C14H23BrN2O3/c1-14(2,3)20-13(19)17-8-11(9-17)7-16-6-10(5-15)4-12(16)18/h10-11H,4-9H2,1-3H3. The maximum Gasteiger partial charge on any atom is 0.410 e. The molecule has 6 heteroatoms. The molecule has 0 saturated carbocycles. The summed E-state index contributed by atoms with van der Waals surface area (Å²) in [7, 11) is 0. The van der Waals surface area contributed by atoms with Gasteiger partial charge in [0, 0.05) is 43.8 Å². The molecule has 2 fully saturated rings. The van der Waals surface area contributed by atoms with Gasteiger partial charge in [-0.25, -0.2) is 4.79 Å². The van der Waals surface area contributed by atoms with Crippen LogP contribution in [0.2, 0.25) is 0 Å². The van der Waals surface area contributed by atoms with E-state index in [0.717, 1.165) is 18.4 Å². The third-order valence-electron chi connectivity index (χ3n) is 3.60. The second-order valence-electron chi connectivity index (χ2n) is 6.77. The lowest BCUT2D eigenvalue weighted by Gasteiger charge is -2.41. The lowest BCUT2D eigenvalue weighted by atomic mass is 10.0. The van der Waals surface area contributed by atoms with E-state index in [1.54, 1.807) is 4.90 Å². The zero-order valence-electron chi connectivity index (χ0n) is 12.4. The lowest BCUT2D eigenvalue weighted by Crippen LogP contribution is -2.55. The summed E-state index contributed by atoms with van der Waals surface area (Å²) in [5.74, 6) is 1.07. The van der Waals surface area contributed by atoms with Gasteiger partial charge in [-0.1, -0.05) is 15.9 Å². The SMILES string of the molecule is CC(C)(C)OC(=O)N1CC(CN2CC(CBr)CC2=O)C1. The molecule has 2 rings (SSSR count). The van der Waals surface area contributed by atoms with E-state index in [1.165, 1.54) is 0 Å². The summed E-state index contributed by atoms with van der Waals surface area (Å²) in [6.07, 6.45) is 0.396. The van der Waals surface area contributed by atoms with Crippen molar-refractivity contribution >= 4 is 27.9 Å². The van der Waals surface area contributed by atoms with Crippen LogP contribution >= 0.6 is 15.9 Å². The first-order chi connectivity index (χ1) is 9.28. The van der Waals surface area contributed by atoms with Crippen molar-refractivity contribution in [3.63, 3.8) is 0 Å². The highest BCUT2D eigenvalue weighted by Crippen LogP contribution is 2.25. The molecular formula is C14H23BrN2O3. The Morgan fingerprint density at radius 2 is 1.95 bits per heavy atom. The van der Waals surface area contributed by atoms with Gasteiger partial charge in [-0.3, -0.25) is 4.79 Å². The number of carbonyl (C=O) groups excluding carboxylic acids is 2. The first-order valence-corrected chi connectivity index (χ1v) is 8.22. The second-order valence-corrected chi connectivity index (χ2v) is 7.42. The van der Waals surface area contributed by atoms with Gasteiger partial charge in [-0.15, -0.1) is 0 Å². The number of halogens is 1. The van der Waals surface area contributed by atoms with Crippen LogP contribution in [0.1, 0.15) is 27.2 Å². The molecule has 2 heterocycles. The molecule has 2 amide bonds. The number of alkyl halides is 1. The van der Waals surface area contributed by atoms with Crippen LogP contribution in [-0.2, 0) is 9.53 Å². The molecule has 0 aromatic rings. The summed E-state index contributed by atoms with van der Waals surface area (Å²) < 4.78 is 5.32. The Kier molecular flexibility index (Phi) is 4.62. The second kappa shape index (κ2) is 5.92. The van der Waals surface area contributed by atoms with Gasteiger partial charge in [0.2, 0.25) is 5.91 Å². The Morgan fingerprint density at radius 3 is 2.45 bits per heavy atom. The van der Waals surface area contributed by atoms with Crippen LogP contribution in [0.4, 0.5) is 4.79 Å². The third kappa shape index (κ3) is 3.87. The number of ether oxygens (including phenoxy) is 1. The van der Waals surface area contributed by atoms with E-state index in [4.69, 9.17) is 4.74 Å². The van der Waals surface area contributed by atoms with Crippen molar-refractivity contribution in [2.24, 2.45) is 11.8 Å². The molecule has 0 N–H and O–H groups in total. The van der Waals surface area contributed by atoms with E-state index >= 15 is 0 Å². The predicted octanol–water partition coefficient (Wildman–Crippen LogP) is 2.10. The van der Waals surface area contributed by atoms with Crippen molar-refractivity contribution < 1.29 is 14.3 Å². The van der Waals surface area contributed by atoms with Crippen molar-refractivity contribution in [1.82, 2.24) is 9.80 Å². The molecule has 1 atom stereocenters. The van der Waals surface area contributed by atoms with Crippen LogP contribution in [0.5, 0.6) is 0 Å². The van der Waals surface area contributed by atoms with E-state index < -0.39 is 5.60 Å². The smallest absolute Gasteiger partial charge is 0.410 e. The van der Waals surface area contributed by atoms with Gasteiger partial charge >= 0.3 is 6.09 Å². The van der Waals surface area contributed by atoms with Crippen LogP contribution < -0.4 is 0 Å². The number of likely N-dealkylation sites (tertiary alicyclic amines) is 2. The minimum atomic E-state index is -0.448. The fraction of sp³-hybridized carbons (Fsp3) is 0.857. The average Bonchev–Trinajstić information content (AvgIpc) is 2.61. The third-order valence-corrected chi connectivity index (χ3v) is 4.52. The van der Waals surface area contributed by atoms with Crippen molar-refractivity contribution in [2.45, 2.75) is 32.8 Å². The van der Waals surface area contributed by atoms with E-state index in [1.807, 2.05) is 25.7 Å². The van der Waals surface area contributed by atoms with Gasteiger partial charge in [-0.05, 0) is 26.7 Å². The van der Waals surface area contributed by atoms with Crippen molar-refractivity contribution in [3.8, 4) is 0 Å². The monoisotopic (exact) mass is 346 g/mol. The molecule has 0 aliphatic carbocycles. The summed E-state index contributed by atoms with van der Waals surface area (Å²) in [5.41, 5.74) is -0.448. The van der Waals surface area contributed by atoms with E-state index in [-0.39, 0.29) is 12.0 Å². The predicted molar refractivity (Wildman–Crippen MR) is 79.8 cm³/mol. The number of carbonyl (C=O) groups is 2. The van der Waals surface area contributed by atoms with Crippen LogP contribution in [0.15, 0.2) is 0 Å². The molecule has 114 valence electrons. The molecular weight excluding hydrogens is 324 g/mol. The number of hydrogen-bond donors (Lipinski definition) is 0. The maximum absolute atomic E-state index is 11.8. The molecule has 0 spiro atoms. The Bertz CT molecular complexity index is 388. The molecule has 5 nitrogen and oxygen atoms in total. The van der Waals surface area contributed by atoms with Gasteiger partial charge in [0.25, 0.3) is 0 Å². The molecule has 2 aliphatic rings. The van der Waals surface area contributed by atoms with Gasteiger partial charge in [0.1, 0.15) is 5.60 Å². The molecule has 2 aliphatic heterocycles. The highest BCUT2D eigenvalue weighted by atomic mass is 79.9. The number of nitrogens with zero attached hydrogens (tertiary/aromatic N) is 2. The quantitative estimate of drug-likeness (QED) is 0.735. The largest absolute Gasteiger partial charge is 0.444 e. The van der Waals surface area contributed by atoms with Crippen molar-refractivity contribution in [1.29, 1.82) is 0 Å². The normalized spacial score (nSPS) is 24.0. The zero-order chi connectivity index (χ0) is 14.9. The Balaban J connectivity index is 1.72. The van der Waals surface area contributed by atoms with Gasteiger partial charge in [-0.2, -0.15) is 0 Å². The molecule has 20 heavy (non-hydrogen) atoms. The minimum Gasteiger partial charge on any atom is -0.444 e. The lowest BCUT2D eigenvalue weighted by molar-refractivity contribution is -0.128. The van der Waals surface area contributed by atoms with E-state index in [2.05, 4.69) is 15.9 Å². The fourth-order valence-electron chi connectivity index (χ4n) is 2.61. The highest BCUT2D eigenvalue weighted by Gasteiger charge is 2.37. The summed E-state index contributed by atoms with van der Waals surface area (Å²) in [5, 5.41) is 0.879. The molecule has 0 aromatic heterocycles. The number of amides is 2. The van der Waals surface area contributed by atoms with Crippen molar-refractivity contribution in [3.05, 3.63) is 0 Å². The molecule has 0 radical (unpaired) electrons. The van der Waals surface area contributed by atoms with Gasteiger partial charge in [0.05, 0.1) is 0 Å². The summed E-state index contributed by atoms with van der Waals surface area (Å²) in [6, 6.07) is 0. The topological polar surface area (TPSA) is 49.9 Å². The van der Waals surface area contributed by atoms with Crippen molar-refractivity contribution in [2.75, 3.05) is 31.5 Å². The van der Waals surface area contributed by atoms with Gasteiger partial charge < -0.3 is 14.5 Å². The zero-order valence-corrected chi connectivity index (χ0v) is 14.0. The van der Waals surface area contributed by atoms with Crippen LogP contribution in [0, 0.1) is 11.8 Å². The van der Waals surface area contributed by atoms with Gasteiger partial charge in [0.15, 0.2) is 0 Å². The Hall–Kier alpha value is -0.780. The van der Waals surface area contributed by atoms with E-state index in [0.29, 0.717) is 31.3 Å². The van der Waals surface area contributed by atoms with E-state index in [9.17, 15) is 9.59 Å². The average molecular weight is 347 g/mol. The summed E-state index contributed by atoms with van der Waals surface area (Å²) in [6.45, 7) is 8.59. The fourth-order valence-corrected chi connectivity index (χ4v) is 3.04. The summed E-state index contributed by atoms with van der Waals surface area (Å²) >= 11 is 3.44. The molecule has 2 saturated heterocycles. The molecule has 0 bridgehead atoms. The number of hydrogen-bond acceptors (Lipinski definition) is 3. The Morgan fingerprint density at radius 1 is 1.30 bits per heavy atom. The maximum atomic E-state index is 11.8. The first kappa shape index (κ1) is 15.6.